The van der Waals surface area contributed by atoms with E-state index in [4.69, 9.17) is 5.73 Å². The Morgan fingerprint density at radius 1 is 1.19 bits per heavy atom. The maximum Gasteiger partial charge on any atom is 0.0962 e. The minimum absolute atomic E-state index is 0.437. The Labute approximate surface area is 95.1 Å². The normalized spacial score (nSPS) is 10.7. The van der Waals surface area contributed by atoms with Crippen molar-refractivity contribution in [3.8, 4) is 0 Å². The highest BCUT2D eigenvalue weighted by Gasteiger charge is 2.01. The van der Waals surface area contributed by atoms with Crippen molar-refractivity contribution in [2.75, 3.05) is 0 Å². The van der Waals surface area contributed by atoms with Gasteiger partial charge < -0.3 is 5.73 Å². The van der Waals surface area contributed by atoms with Crippen LogP contribution in [-0.4, -0.2) is 15.0 Å². The fourth-order valence-corrected chi connectivity index (χ4v) is 1.86. The van der Waals surface area contributed by atoms with Crippen LogP contribution < -0.4 is 5.73 Å². The van der Waals surface area contributed by atoms with Crippen LogP contribution in [0.25, 0.3) is 0 Å². The summed E-state index contributed by atoms with van der Waals surface area (Å²) in [5.74, 6) is 0. The van der Waals surface area contributed by atoms with E-state index in [-0.39, 0.29) is 0 Å². The molecule has 1 heterocycles. The van der Waals surface area contributed by atoms with Gasteiger partial charge in [0.1, 0.15) is 0 Å². The van der Waals surface area contributed by atoms with Crippen LogP contribution in [0.5, 0.6) is 0 Å². The molecule has 0 amide bonds. The second kappa shape index (κ2) is 4.45. The highest BCUT2D eigenvalue weighted by Crippen LogP contribution is 2.10. The van der Waals surface area contributed by atoms with Crippen LogP contribution in [0.1, 0.15) is 22.4 Å². The minimum atomic E-state index is 0.437. The van der Waals surface area contributed by atoms with Gasteiger partial charge in [0.2, 0.25) is 0 Å². The summed E-state index contributed by atoms with van der Waals surface area (Å²) in [7, 11) is 0. The second-order valence-corrected chi connectivity index (χ2v) is 4.11. The Bertz CT molecular complexity index is 467. The third-order valence-electron chi connectivity index (χ3n) is 2.42. The Morgan fingerprint density at radius 3 is 2.44 bits per heavy atom. The van der Waals surface area contributed by atoms with Gasteiger partial charge in [0, 0.05) is 6.54 Å². The average molecular weight is 216 g/mol. The fourth-order valence-electron chi connectivity index (χ4n) is 1.86. The summed E-state index contributed by atoms with van der Waals surface area (Å²) < 4.78 is 1.82. The molecule has 0 unspecified atom stereocenters. The van der Waals surface area contributed by atoms with E-state index in [9.17, 15) is 0 Å². The van der Waals surface area contributed by atoms with Crippen LogP contribution in [0.2, 0.25) is 0 Å². The lowest BCUT2D eigenvalue weighted by atomic mass is 10.1. The molecule has 0 saturated heterocycles. The van der Waals surface area contributed by atoms with Crippen molar-refractivity contribution in [3.63, 3.8) is 0 Å². The molecular weight excluding hydrogens is 200 g/mol. The van der Waals surface area contributed by atoms with E-state index in [1.165, 1.54) is 16.7 Å². The summed E-state index contributed by atoms with van der Waals surface area (Å²) in [5, 5.41) is 7.99. The molecule has 2 rings (SSSR count). The smallest absolute Gasteiger partial charge is 0.0962 e. The molecule has 0 bridgehead atoms. The maximum absolute atomic E-state index is 5.49. The predicted octanol–water partition coefficient (Wildman–Crippen LogP) is 1.40. The molecule has 4 nitrogen and oxygen atoms in total. The fraction of sp³-hybridized carbons (Fsp3) is 0.333. The Hall–Kier alpha value is -1.68. The largest absolute Gasteiger partial charge is 0.325 e. The minimum Gasteiger partial charge on any atom is -0.325 e. The number of nitrogens with two attached hydrogens (primary N) is 1. The Balaban J connectivity index is 2.19. The van der Waals surface area contributed by atoms with E-state index in [2.05, 4.69) is 42.4 Å². The van der Waals surface area contributed by atoms with Crippen LogP contribution in [0, 0.1) is 13.8 Å². The lowest BCUT2D eigenvalue weighted by Crippen LogP contribution is -2.01. The SMILES string of the molecule is Cc1cc(C)cc(Cn2cc(CN)nn2)c1. The third-order valence-corrected chi connectivity index (χ3v) is 2.42. The first-order valence-corrected chi connectivity index (χ1v) is 5.33. The number of rotatable bonds is 3. The molecule has 0 aliphatic rings. The number of benzene rings is 1. The van der Waals surface area contributed by atoms with Crippen LogP contribution in [0.15, 0.2) is 24.4 Å². The Morgan fingerprint density at radius 2 is 1.88 bits per heavy atom. The van der Waals surface area contributed by atoms with Gasteiger partial charge in [0.25, 0.3) is 0 Å². The van der Waals surface area contributed by atoms with E-state index in [1.54, 1.807) is 0 Å². The number of aromatic nitrogens is 3. The molecule has 0 fully saturated rings. The van der Waals surface area contributed by atoms with Crippen molar-refractivity contribution in [2.24, 2.45) is 5.73 Å². The molecule has 16 heavy (non-hydrogen) atoms. The van der Waals surface area contributed by atoms with Gasteiger partial charge in [0.15, 0.2) is 0 Å². The molecule has 1 aromatic heterocycles. The maximum atomic E-state index is 5.49. The van der Waals surface area contributed by atoms with E-state index in [1.807, 2.05) is 10.9 Å². The van der Waals surface area contributed by atoms with Gasteiger partial charge >= 0.3 is 0 Å². The molecular formula is C12H16N4. The zero-order valence-corrected chi connectivity index (χ0v) is 9.64. The van der Waals surface area contributed by atoms with Crippen LogP contribution in [0.4, 0.5) is 0 Å². The molecule has 1 aromatic carbocycles. The Kier molecular flexibility index (Phi) is 3.01. The first-order chi connectivity index (χ1) is 7.67. The van der Waals surface area contributed by atoms with Gasteiger partial charge in [-0.25, -0.2) is 4.68 Å². The monoisotopic (exact) mass is 216 g/mol. The molecule has 0 spiro atoms. The summed E-state index contributed by atoms with van der Waals surface area (Å²) in [5.41, 5.74) is 10.1. The van der Waals surface area contributed by atoms with Crippen LogP contribution >= 0.6 is 0 Å². The van der Waals surface area contributed by atoms with E-state index in [0.29, 0.717) is 6.54 Å². The summed E-state index contributed by atoms with van der Waals surface area (Å²) in [6.07, 6.45) is 1.89. The average Bonchev–Trinajstić information content (AvgIpc) is 2.64. The topological polar surface area (TPSA) is 56.7 Å². The van der Waals surface area contributed by atoms with Gasteiger partial charge in [-0.15, -0.1) is 5.10 Å². The molecule has 4 heteroatoms. The van der Waals surface area contributed by atoms with Crippen molar-refractivity contribution in [3.05, 3.63) is 46.8 Å². The van der Waals surface area contributed by atoms with E-state index < -0.39 is 0 Å². The van der Waals surface area contributed by atoms with Gasteiger partial charge in [-0.05, 0) is 19.4 Å². The molecule has 0 radical (unpaired) electrons. The van der Waals surface area contributed by atoms with Gasteiger partial charge in [-0.2, -0.15) is 0 Å². The lowest BCUT2D eigenvalue weighted by Gasteiger charge is -2.04. The zero-order chi connectivity index (χ0) is 11.5. The van der Waals surface area contributed by atoms with Crippen molar-refractivity contribution < 1.29 is 0 Å². The van der Waals surface area contributed by atoms with Gasteiger partial charge in [-0.3, -0.25) is 0 Å². The van der Waals surface area contributed by atoms with Crippen molar-refractivity contribution in [2.45, 2.75) is 26.9 Å². The summed E-state index contributed by atoms with van der Waals surface area (Å²) >= 11 is 0. The van der Waals surface area contributed by atoms with E-state index in [0.717, 1.165) is 12.2 Å². The molecule has 84 valence electrons. The second-order valence-electron chi connectivity index (χ2n) is 4.11. The molecule has 0 atom stereocenters. The molecule has 0 aliphatic heterocycles. The van der Waals surface area contributed by atoms with Crippen molar-refractivity contribution in [1.29, 1.82) is 0 Å². The number of hydrogen-bond donors (Lipinski definition) is 1. The van der Waals surface area contributed by atoms with Crippen LogP contribution in [0.3, 0.4) is 0 Å². The number of aryl methyl sites for hydroxylation is 2. The first-order valence-electron chi connectivity index (χ1n) is 5.33. The van der Waals surface area contributed by atoms with Crippen molar-refractivity contribution >= 4 is 0 Å². The number of nitrogens with zero attached hydrogens (tertiary/aromatic N) is 3. The highest BCUT2D eigenvalue weighted by molar-refractivity contribution is 5.28. The zero-order valence-electron chi connectivity index (χ0n) is 9.64. The van der Waals surface area contributed by atoms with Gasteiger partial charge in [0.05, 0.1) is 18.4 Å². The van der Waals surface area contributed by atoms with E-state index >= 15 is 0 Å². The quantitative estimate of drug-likeness (QED) is 0.843. The third kappa shape index (κ3) is 2.46. The molecule has 2 aromatic rings. The molecule has 0 aliphatic carbocycles. The number of hydrogen-bond acceptors (Lipinski definition) is 3. The summed E-state index contributed by atoms with van der Waals surface area (Å²) in [6, 6.07) is 6.49. The first kappa shape index (κ1) is 10.8. The summed E-state index contributed by atoms with van der Waals surface area (Å²) in [4.78, 5) is 0. The van der Waals surface area contributed by atoms with Crippen LogP contribution in [-0.2, 0) is 13.1 Å². The molecule has 0 saturated carbocycles. The summed E-state index contributed by atoms with van der Waals surface area (Å²) in [6.45, 7) is 5.38. The predicted molar refractivity (Wildman–Crippen MR) is 62.9 cm³/mol. The highest BCUT2D eigenvalue weighted by atomic mass is 15.4. The lowest BCUT2D eigenvalue weighted by molar-refractivity contribution is 0.648. The van der Waals surface area contributed by atoms with Gasteiger partial charge in [-0.1, -0.05) is 34.5 Å². The molecule has 2 N–H and O–H groups in total. The van der Waals surface area contributed by atoms with Crippen molar-refractivity contribution in [1.82, 2.24) is 15.0 Å². The standard InChI is InChI=1S/C12H16N4/c1-9-3-10(2)5-11(4-9)7-16-8-12(6-13)14-15-16/h3-5,8H,6-7,13H2,1-2H3.